The van der Waals surface area contributed by atoms with E-state index in [1.165, 1.54) is 0 Å². The zero-order valence-corrected chi connectivity index (χ0v) is 8.46. The summed E-state index contributed by atoms with van der Waals surface area (Å²) in [6.07, 6.45) is 0.343. The molecular formula is C11H10N2O3. The summed E-state index contributed by atoms with van der Waals surface area (Å²) >= 11 is 0. The number of carbonyl (C=O) groups is 2. The monoisotopic (exact) mass is 218 g/mol. The molecule has 1 aliphatic rings. The molecule has 1 aliphatic heterocycles. The molecule has 1 heterocycles. The van der Waals surface area contributed by atoms with E-state index < -0.39 is 0 Å². The first-order valence-electron chi connectivity index (χ1n) is 4.87. The molecule has 0 aromatic heterocycles. The van der Waals surface area contributed by atoms with E-state index in [-0.39, 0.29) is 30.5 Å². The summed E-state index contributed by atoms with van der Waals surface area (Å²) in [6, 6.07) is 8.63. The van der Waals surface area contributed by atoms with Crippen molar-refractivity contribution in [1.82, 2.24) is 4.90 Å². The van der Waals surface area contributed by atoms with Crippen LogP contribution in [0.2, 0.25) is 0 Å². The molecule has 2 rings (SSSR count). The Kier molecular flexibility index (Phi) is 2.68. The van der Waals surface area contributed by atoms with E-state index in [0.717, 1.165) is 4.90 Å². The molecule has 0 unspecified atom stereocenters. The van der Waals surface area contributed by atoms with E-state index >= 15 is 0 Å². The van der Waals surface area contributed by atoms with E-state index in [2.05, 4.69) is 5.16 Å². The standard InChI is InChI=1S/C11H10N2O3/c14-9-6-7-10(15)13(9)11(12-16)8-4-2-1-3-5-8/h1-5,16H,6-7H2. The molecular weight excluding hydrogens is 208 g/mol. The van der Waals surface area contributed by atoms with E-state index in [1.54, 1.807) is 30.3 Å². The fourth-order valence-corrected chi connectivity index (χ4v) is 1.63. The van der Waals surface area contributed by atoms with Gasteiger partial charge in [-0.25, -0.2) is 4.90 Å². The van der Waals surface area contributed by atoms with Crippen molar-refractivity contribution in [3.05, 3.63) is 35.9 Å². The third-order valence-electron chi connectivity index (χ3n) is 2.39. The van der Waals surface area contributed by atoms with Crippen molar-refractivity contribution in [3.63, 3.8) is 0 Å². The number of rotatable bonds is 1. The van der Waals surface area contributed by atoms with Crippen LogP contribution in [0, 0.1) is 0 Å². The highest BCUT2D eigenvalue weighted by molar-refractivity contribution is 6.21. The first-order valence-corrected chi connectivity index (χ1v) is 4.87. The molecule has 1 saturated heterocycles. The van der Waals surface area contributed by atoms with Crippen molar-refractivity contribution in [2.75, 3.05) is 0 Å². The van der Waals surface area contributed by atoms with E-state index in [1.807, 2.05) is 0 Å². The first kappa shape index (κ1) is 10.4. The minimum Gasteiger partial charge on any atom is -0.409 e. The molecule has 82 valence electrons. The third kappa shape index (κ3) is 1.67. The van der Waals surface area contributed by atoms with Gasteiger partial charge in [-0.1, -0.05) is 35.5 Å². The maximum atomic E-state index is 11.5. The van der Waals surface area contributed by atoms with Gasteiger partial charge in [0.1, 0.15) is 0 Å². The van der Waals surface area contributed by atoms with Gasteiger partial charge in [0.2, 0.25) is 11.8 Å². The minimum absolute atomic E-state index is 0.00639. The Hall–Kier alpha value is -2.17. The molecule has 0 atom stereocenters. The molecule has 0 saturated carbocycles. The van der Waals surface area contributed by atoms with Crippen molar-refractivity contribution < 1.29 is 14.8 Å². The predicted octanol–water partition coefficient (Wildman–Crippen LogP) is 0.971. The Morgan fingerprint density at radius 1 is 1.12 bits per heavy atom. The van der Waals surface area contributed by atoms with Gasteiger partial charge >= 0.3 is 0 Å². The molecule has 5 nitrogen and oxygen atoms in total. The molecule has 0 spiro atoms. The number of hydrogen-bond acceptors (Lipinski definition) is 4. The van der Waals surface area contributed by atoms with Crippen molar-refractivity contribution in [2.45, 2.75) is 12.8 Å². The Labute approximate surface area is 92.0 Å². The zero-order valence-electron chi connectivity index (χ0n) is 8.46. The predicted molar refractivity (Wildman–Crippen MR) is 55.9 cm³/mol. The molecule has 1 aromatic carbocycles. The quantitative estimate of drug-likeness (QED) is 0.251. The number of likely N-dealkylation sites (tertiary alicyclic amines) is 1. The summed E-state index contributed by atoms with van der Waals surface area (Å²) in [5, 5.41) is 12.0. The average Bonchev–Trinajstić information content (AvgIpc) is 2.63. The van der Waals surface area contributed by atoms with Crippen molar-refractivity contribution in [2.24, 2.45) is 5.16 Å². The molecule has 0 bridgehead atoms. The van der Waals surface area contributed by atoms with Crippen LogP contribution in [0.25, 0.3) is 0 Å². The molecule has 1 fully saturated rings. The zero-order chi connectivity index (χ0) is 11.5. The van der Waals surface area contributed by atoms with Crippen LogP contribution in [0.15, 0.2) is 35.5 Å². The van der Waals surface area contributed by atoms with Crippen molar-refractivity contribution >= 4 is 17.6 Å². The summed E-state index contributed by atoms with van der Waals surface area (Å²) in [6.45, 7) is 0. The van der Waals surface area contributed by atoms with Gasteiger partial charge in [-0.05, 0) is 0 Å². The lowest BCUT2D eigenvalue weighted by Gasteiger charge is -2.14. The van der Waals surface area contributed by atoms with Crippen LogP contribution < -0.4 is 0 Å². The lowest BCUT2D eigenvalue weighted by Crippen LogP contribution is -2.36. The lowest BCUT2D eigenvalue weighted by molar-refractivity contribution is -0.133. The van der Waals surface area contributed by atoms with Gasteiger partial charge in [-0.3, -0.25) is 9.59 Å². The SMILES string of the molecule is O=C1CCC(=O)N1C(=NO)c1ccccc1. The van der Waals surface area contributed by atoms with E-state index in [0.29, 0.717) is 5.56 Å². The Morgan fingerprint density at radius 3 is 2.19 bits per heavy atom. The van der Waals surface area contributed by atoms with E-state index in [4.69, 9.17) is 5.21 Å². The summed E-state index contributed by atoms with van der Waals surface area (Å²) in [5.41, 5.74) is 0.536. The number of imide groups is 1. The third-order valence-corrected chi connectivity index (χ3v) is 2.39. The fourth-order valence-electron chi connectivity index (χ4n) is 1.63. The fraction of sp³-hybridized carbons (Fsp3) is 0.182. The van der Waals surface area contributed by atoms with Crippen molar-refractivity contribution in [3.8, 4) is 0 Å². The largest absolute Gasteiger partial charge is 0.409 e. The van der Waals surface area contributed by atoms with E-state index in [9.17, 15) is 9.59 Å². The maximum absolute atomic E-state index is 11.5. The number of carbonyl (C=O) groups excluding carboxylic acids is 2. The highest BCUT2D eigenvalue weighted by Crippen LogP contribution is 2.16. The smallest absolute Gasteiger partial charge is 0.235 e. The minimum atomic E-state index is -0.332. The van der Waals surface area contributed by atoms with Gasteiger partial charge in [0.15, 0.2) is 5.84 Å². The number of amidine groups is 1. The normalized spacial score (nSPS) is 17.0. The first-order chi connectivity index (χ1) is 7.74. The average molecular weight is 218 g/mol. The molecule has 2 amide bonds. The molecule has 0 radical (unpaired) electrons. The van der Waals surface area contributed by atoms with Crippen LogP contribution in [0.4, 0.5) is 0 Å². The van der Waals surface area contributed by atoms with Crippen LogP contribution in [0.1, 0.15) is 18.4 Å². The van der Waals surface area contributed by atoms with Crippen LogP contribution in [-0.2, 0) is 9.59 Å². The summed E-state index contributed by atoms with van der Waals surface area (Å²) in [4.78, 5) is 23.9. The molecule has 0 aliphatic carbocycles. The Bertz CT molecular complexity index is 438. The molecule has 1 aromatic rings. The highest BCUT2D eigenvalue weighted by atomic mass is 16.4. The topological polar surface area (TPSA) is 70.0 Å². The lowest BCUT2D eigenvalue weighted by atomic mass is 10.2. The van der Waals surface area contributed by atoms with Crippen LogP contribution in [0.3, 0.4) is 0 Å². The number of benzene rings is 1. The second kappa shape index (κ2) is 4.14. The summed E-state index contributed by atoms with van der Waals surface area (Å²) in [5.74, 6) is -0.670. The Balaban J connectivity index is 2.38. The number of oxime groups is 1. The van der Waals surface area contributed by atoms with Gasteiger partial charge in [0, 0.05) is 18.4 Å². The second-order valence-corrected chi connectivity index (χ2v) is 3.41. The number of hydrogen-bond donors (Lipinski definition) is 1. The van der Waals surface area contributed by atoms with Crippen molar-refractivity contribution in [1.29, 1.82) is 0 Å². The van der Waals surface area contributed by atoms with Crippen LogP contribution >= 0.6 is 0 Å². The maximum Gasteiger partial charge on any atom is 0.235 e. The van der Waals surface area contributed by atoms with Gasteiger partial charge in [-0.2, -0.15) is 0 Å². The summed E-state index contributed by atoms with van der Waals surface area (Å²) in [7, 11) is 0. The highest BCUT2D eigenvalue weighted by Gasteiger charge is 2.33. The van der Waals surface area contributed by atoms with Gasteiger partial charge in [0.25, 0.3) is 0 Å². The number of amides is 2. The summed E-state index contributed by atoms with van der Waals surface area (Å²) < 4.78 is 0. The number of nitrogens with zero attached hydrogens (tertiary/aromatic N) is 2. The van der Waals surface area contributed by atoms with Crippen LogP contribution in [0.5, 0.6) is 0 Å². The van der Waals surface area contributed by atoms with Crippen LogP contribution in [-0.4, -0.2) is 27.8 Å². The molecule has 16 heavy (non-hydrogen) atoms. The molecule has 1 N–H and O–H groups in total. The molecule has 5 heteroatoms. The second-order valence-electron chi connectivity index (χ2n) is 3.41. The van der Waals surface area contributed by atoms with Gasteiger partial charge in [-0.15, -0.1) is 0 Å². The van der Waals surface area contributed by atoms with Gasteiger partial charge in [0.05, 0.1) is 0 Å². The Morgan fingerprint density at radius 2 is 1.69 bits per heavy atom. The van der Waals surface area contributed by atoms with Gasteiger partial charge < -0.3 is 5.21 Å².